The molecular weight excluding hydrogens is 348 g/mol. The Kier molecular flexibility index (Phi) is 3.48. The summed E-state index contributed by atoms with van der Waals surface area (Å²) in [7, 11) is 0. The number of Topliss-reactive ketones (excluding diaryl/α,β-unsaturated/α-hetero) is 1. The van der Waals surface area contributed by atoms with Crippen LogP contribution in [-0.2, 0) is 28.7 Å². The molecule has 144 valence electrons. The minimum Gasteiger partial charge on any atom is -0.464 e. The predicted octanol–water partition coefficient (Wildman–Crippen LogP) is 2.17. The summed E-state index contributed by atoms with van der Waals surface area (Å²) in [6.07, 6.45) is 7.66. The van der Waals surface area contributed by atoms with Crippen molar-refractivity contribution in [2.45, 2.75) is 46.1 Å². The highest BCUT2D eigenvalue weighted by Gasteiger charge is 2.76. The van der Waals surface area contributed by atoms with Gasteiger partial charge in [0.1, 0.15) is 6.61 Å². The zero-order valence-corrected chi connectivity index (χ0v) is 16.0. The smallest absolute Gasteiger partial charge is 0.310 e. The van der Waals surface area contributed by atoms with Crippen LogP contribution in [-0.4, -0.2) is 35.7 Å². The second-order valence-electron chi connectivity index (χ2n) is 9.21. The first-order valence-corrected chi connectivity index (χ1v) is 9.33. The van der Waals surface area contributed by atoms with E-state index in [0.29, 0.717) is 12.8 Å². The van der Waals surface area contributed by atoms with Crippen molar-refractivity contribution in [2.24, 2.45) is 28.1 Å². The number of cyclic esters (lactones) is 1. The van der Waals surface area contributed by atoms with Gasteiger partial charge in [-0.3, -0.25) is 19.2 Å². The van der Waals surface area contributed by atoms with Gasteiger partial charge in [-0.1, -0.05) is 32.1 Å². The maximum Gasteiger partial charge on any atom is 0.310 e. The normalized spacial score (nSPS) is 44.2. The molecule has 0 aromatic heterocycles. The Bertz CT molecular complexity index is 836. The molecule has 2 fully saturated rings. The minimum atomic E-state index is -1.38. The number of fused-ring (bicyclic) bond motifs is 1. The van der Waals surface area contributed by atoms with Crippen LogP contribution >= 0.6 is 0 Å². The SMILES string of the molecule is CC(=O)O[C@]1(C)C(=O)[C@@]23C=C[C@@H]1C[C@@H]2C(=O)OC[C@]31CC(C)(C)C=CC1=O. The summed E-state index contributed by atoms with van der Waals surface area (Å²) in [6, 6.07) is 0. The van der Waals surface area contributed by atoms with Gasteiger partial charge in [0.2, 0.25) is 0 Å². The lowest BCUT2D eigenvalue weighted by Gasteiger charge is -2.62. The lowest BCUT2D eigenvalue weighted by atomic mass is 9.40. The summed E-state index contributed by atoms with van der Waals surface area (Å²) in [5.74, 6) is -2.71. The number of hydrogen-bond acceptors (Lipinski definition) is 6. The van der Waals surface area contributed by atoms with Crippen molar-refractivity contribution >= 4 is 23.5 Å². The fourth-order valence-electron chi connectivity index (χ4n) is 5.81. The Labute approximate surface area is 158 Å². The Morgan fingerprint density at radius 3 is 2.56 bits per heavy atom. The molecule has 27 heavy (non-hydrogen) atoms. The van der Waals surface area contributed by atoms with Gasteiger partial charge < -0.3 is 9.47 Å². The summed E-state index contributed by atoms with van der Waals surface area (Å²) in [4.78, 5) is 51.4. The summed E-state index contributed by atoms with van der Waals surface area (Å²) in [5, 5.41) is 0. The molecule has 2 spiro atoms. The number of carbonyl (C=O) groups is 4. The van der Waals surface area contributed by atoms with Gasteiger partial charge >= 0.3 is 11.9 Å². The molecule has 1 heterocycles. The monoisotopic (exact) mass is 372 g/mol. The van der Waals surface area contributed by atoms with Crippen molar-refractivity contribution in [3.63, 3.8) is 0 Å². The van der Waals surface area contributed by atoms with Gasteiger partial charge in [-0.05, 0) is 31.3 Å². The van der Waals surface area contributed by atoms with E-state index in [1.807, 2.05) is 26.0 Å². The average Bonchev–Trinajstić information content (AvgIpc) is 2.58. The van der Waals surface area contributed by atoms with Crippen molar-refractivity contribution in [1.82, 2.24) is 0 Å². The molecule has 2 bridgehead atoms. The first-order valence-electron chi connectivity index (χ1n) is 9.33. The van der Waals surface area contributed by atoms with Crippen molar-refractivity contribution in [3.05, 3.63) is 24.3 Å². The lowest BCUT2D eigenvalue weighted by molar-refractivity contribution is -0.214. The van der Waals surface area contributed by atoms with Crippen LogP contribution in [0.25, 0.3) is 0 Å². The third-order valence-corrected chi connectivity index (χ3v) is 6.97. The quantitative estimate of drug-likeness (QED) is 0.518. The maximum absolute atomic E-state index is 13.9. The maximum atomic E-state index is 13.9. The molecule has 0 unspecified atom stereocenters. The van der Waals surface area contributed by atoms with E-state index in [1.165, 1.54) is 13.0 Å². The van der Waals surface area contributed by atoms with Crippen LogP contribution in [0.5, 0.6) is 0 Å². The second-order valence-corrected chi connectivity index (χ2v) is 9.21. The van der Waals surface area contributed by atoms with Crippen LogP contribution in [0.4, 0.5) is 0 Å². The zero-order valence-electron chi connectivity index (χ0n) is 16.0. The van der Waals surface area contributed by atoms with Crippen molar-refractivity contribution in [1.29, 1.82) is 0 Å². The number of ether oxygens (including phenoxy) is 2. The largest absolute Gasteiger partial charge is 0.464 e. The van der Waals surface area contributed by atoms with E-state index in [-0.39, 0.29) is 23.6 Å². The molecule has 5 rings (SSSR count). The summed E-state index contributed by atoms with van der Waals surface area (Å²) in [6.45, 7) is 6.72. The van der Waals surface area contributed by atoms with Crippen LogP contribution in [0.2, 0.25) is 0 Å². The molecule has 0 amide bonds. The van der Waals surface area contributed by atoms with Crippen molar-refractivity contribution in [2.75, 3.05) is 6.61 Å². The Morgan fingerprint density at radius 2 is 1.89 bits per heavy atom. The van der Waals surface area contributed by atoms with Crippen LogP contribution in [0.3, 0.4) is 0 Å². The molecule has 0 N–H and O–H groups in total. The molecule has 0 radical (unpaired) electrons. The number of allylic oxidation sites excluding steroid dienone is 3. The number of hydrogen-bond donors (Lipinski definition) is 0. The molecule has 0 aromatic carbocycles. The van der Waals surface area contributed by atoms with Gasteiger partial charge in [0, 0.05) is 12.8 Å². The molecule has 1 saturated heterocycles. The molecule has 5 aliphatic rings. The number of carbonyl (C=O) groups excluding carboxylic acids is 4. The van der Waals surface area contributed by atoms with Gasteiger partial charge in [-0.2, -0.15) is 0 Å². The lowest BCUT2D eigenvalue weighted by Crippen LogP contribution is -2.73. The Hall–Kier alpha value is -2.24. The van der Waals surface area contributed by atoms with Crippen LogP contribution < -0.4 is 0 Å². The van der Waals surface area contributed by atoms with Crippen LogP contribution in [0.15, 0.2) is 24.3 Å². The van der Waals surface area contributed by atoms with Crippen LogP contribution in [0.1, 0.15) is 40.5 Å². The standard InChI is InChI=1S/C21H24O6/c1-12(22)27-19(4)13-5-8-21(17(19)25)14(9-13)16(24)26-11-20(21)10-18(2,3)7-6-15(20)23/h5-8,13-14H,9-11H2,1-4H3/t13-,14-,19+,20+,21-/m1/s1. The van der Waals surface area contributed by atoms with Gasteiger partial charge in [-0.15, -0.1) is 0 Å². The molecule has 4 aliphatic carbocycles. The average molecular weight is 372 g/mol. The van der Waals surface area contributed by atoms with Crippen molar-refractivity contribution in [3.8, 4) is 0 Å². The number of rotatable bonds is 1. The molecule has 1 aliphatic heterocycles. The van der Waals surface area contributed by atoms with E-state index >= 15 is 0 Å². The highest BCUT2D eigenvalue weighted by atomic mass is 16.6. The van der Waals surface area contributed by atoms with E-state index in [0.717, 1.165) is 0 Å². The first-order chi connectivity index (χ1) is 12.5. The van der Waals surface area contributed by atoms with E-state index in [9.17, 15) is 19.2 Å². The molecule has 0 aromatic rings. The Morgan fingerprint density at radius 1 is 1.19 bits per heavy atom. The molecule has 5 atom stereocenters. The topological polar surface area (TPSA) is 86.7 Å². The van der Waals surface area contributed by atoms with Gasteiger partial charge in [0.05, 0.1) is 16.7 Å². The second kappa shape index (κ2) is 5.18. The third-order valence-electron chi connectivity index (χ3n) is 6.97. The molecule has 1 saturated carbocycles. The summed E-state index contributed by atoms with van der Waals surface area (Å²) in [5.41, 5.74) is -4.24. The summed E-state index contributed by atoms with van der Waals surface area (Å²) < 4.78 is 11.0. The van der Waals surface area contributed by atoms with E-state index in [4.69, 9.17) is 9.47 Å². The van der Waals surface area contributed by atoms with Gasteiger partial charge in [0.15, 0.2) is 17.2 Å². The zero-order chi connectivity index (χ0) is 19.8. The fourth-order valence-corrected chi connectivity index (χ4v) is 5.81. The van der Waals surface area contributed by atoms with E-state index < -0.39 is 40.2 Å². The highest BCUT2D eigenvalue weighted by Crippen LogP contribution is 2.66. The van der Waals surface area contributed by atoms with E-state index in [1.54, 1.807) is 13.0 Å². The molecule has 6 heteroatoms. The predicted molar refractivity (Wildman–Crippen MR) is 94.3 cm³/mol. The number of ketones is 2. The minimum absolute atomic E-state index is 0.133. The van der Waals surface area contributed by atoms with Gasteiger partial charge in [-0.25, -0.2) is 0 Å². The Balaban J connectivity index is 1.96. The highest BCUT2D eigenvalue weighted by molar-refractivity contribution is 6.09. The van der Waals surface area contributed by atoms with E-state index in [2.05, 4.69) is 0 Å². The van der Waals surface area contributed by atoms with Gasteiger partial charge in [0.25, 0.3) is 0 Å². The summed E-state index contributed by atoms with van der Waals surface area (Å²) >= 11 is 0. The molecule has 6 nitrogen and oxygen atoms in total. The fraction of sp³-hybridized carbons (Fsp3) is 0.619. The molecular formula is C21H24O6. The third kappa shape index (κ3) is 2.07. The number of esters is 2. The van der Waals surface area contributed by atoms with Crippen LogP contribution in [0, 0.1) is 28.1 Å². The van der Waals surface area contributed by atoms with Crippen molar-refractivity contribution < 1.29 is 28.7 Å². The first kappa shape index (κ1) is 18.1.